The largest absolute Gasteiger partial charge is 0.465 e. The molecule has 0 atom stereocenters. The zero-order valence-corrected chi connectivity index (χ0v) is 6.70. The molecule has 1 aliphatic rings. The van der Waals surface area contributed by atoms with Crippen LogP contribution in [-0.4, -0.2) is 18.5 Å². The van der Waals surface area contributed by atoms with Gasteiger partial charge in [0.2, 0.25) is 0 Å². The van der Waals surface area contributed by atoms with E-state index in [0.29, 0.717) is 12.8 Å². The molecule has 0 heterocycles. The fourth-order valence-electron chi connectivity index (χ4n) is 0.987. The van der Waals surface area contributed by atoms with Crippen LogP contribution in [0.4, 0.5) is 0 Å². The summed E-state index contributed by atoms with van der Waals surface area (Å²) in [6.45, 7) is 1.86. The van der Waals surface area contributed by atoms with Crippen molar-refractivity contribution in [2.45, 2.75) is 19.8 Å². The first kappa shape index (κ1) is 8.83. The third-order valence-corrected chi connectivity index (χ3v) is 1.91. The van der Waals surface area contributed by atoms with Gasteiger partial charge >= 0.3 is 11.9 Å². The molecule has 0 aromatic heterocycles. The second-order valence-electron chi connectivity index (χ2n) is 2.70. The van der Waals surface area contributed by atoms with Crippen LogP contribution in [0.5, 0.6) is 0 Å². The van der Waals surface area contributed by atoms with Crippen LogP contribution in [0.15, 0.2) is 5.18 Å². The second-order valence-corrected chi connectivity index (χ2v) is 2.70. The maximum atomic E-state index is 11.1. The molecule has 0 aromatic carbocycles. The molecule has 1 saturated carbocycles. The number of rotatable bonds is 3. The minimum atomic E-state index is -1.21. The van der Waals surface area contributed by atoms with Crippen molar-refractivity contribution in [3.8, 4) is 0 Å². The Labute approximate surface area is 69.1 Å². The minimum absolute atomic E-state index is 0.215. The van der Waals surface area contributed by atoms with Crippen molar-refractivity contribution in [1.29, 1.82) is 0 Å². The van der Waals surface area contributed by atoms with Crippen LogP contribution in [-0.2, 0) is 14.3 Å². The topological polar surface area (TPSA) is 72.8 Å². The van der Waals surface area contributed by atoms with Crippen molar-refractivity contribution in [2.75, 3.05) is 6.61 Å². The Hall–Kier alpha value is -1.26. The van der Waals surface area contributed by atoms with Gasteiger partial charge in [-0.05, 0) is 19.8 Å². The summed E-state index contributed by atoms with van der Waals surface area (Å²) < 4.78 is 4.63. The molecule has 5 nitrogen and oxygen atoms in total. The van der Waals surface area contributed by atoms with Crippen molar-refractivity contribution in [3.05, 3.63) is 4.91 Å². The molecule has 1 fully saturated rings. The number of carbonyl (C=O) groups is 2. The molecule has 1 amide bonds. The smallest absolute Gasteiger partial charge is 0.321 e. The average molecular weight is 171 g/mol. The normalized spacial score (nSPS) is 18.1. The summed E-state index contributed by atoms with van der Waals surface area (Å²) in [5, 5.41) is 2.24. The van der Waals surface area contributed by atoms with E-state index in [1.807, 2.05) is 0 Å². The molecule has 66 valence electrons. The van der Waals surface area contributed by atoms with Gasteiger partial charge in [-0.3, -0.25) is 9.59 Å². The van der Waals surface area contributed by atoms with Gasteiger partial charge in [-0.15, -0.1) is 4.91 Å². The summed E-state index contributed by atoms with van der Waals surface area (Å²) in [6, 6.07) is 0. The van der Waals surface area contributed by atoms with Crippen LogP contribution < -0.4 is 0 Å². The molecule has 0 bridgehead atoms. The van der Waals surface area contributed by atoms with Gasteiger partial charge in [-0.1, -0.05) is 0 Å². The summed E-state index contributed by atoms with van der Waals surface area (Å²) in [7, 11) is 0. The van der Waals surface area contributed by atoms with E-state index < -0.39 is 17.3 Å². The highest BCUT2D eigenvalue weighted by atomic mass is 16.5. The van der Waals surface area contributed by atoms with E-state index in [0.717, 1.165) is 0 Å². The van der Waals surface area contributed by atoms with Crippen LogP contribution in [0.2, 0.25) is 0 Å². The lowest BCUT2D eigenvalue weighted by Crippen LogP contribution is -2.26. The van der Waals surface area contributed by atoms with Crippen LogP contribution in [0, 0.1) is 10.3 Å². The van der Waals surface area contributed by atoms with Gasteiger partial charge in [-0.2, -0.15) is 0 Å². The Morgan fingerprint density at radius 1 is 1.50 bits per heavy atom. The predicted molar refractivity (Wildman–Crippen MR) is 39.1 cm³/mol. The number of carbonyl (C=O) groups excluding carboxylic acids is 2. The summed E-state index contributed by atoms with van der Waals surface area (Å²) >= 11 is 0. The number of nitrogens with zero attached hydrogens (tertiary/aromatic N) is 1. The third kappa shape index (κ3) is 1.22. The van der Waals surface area contributed by atoms with E-state index in [1.54, 1.807) is 6.92 Å². The molecule has 0 unspecified atom stereocenters. The van der Waals surface area contributed by atoms with Gasteiger partial charge in [0.25, 0.3) is 0 Å². The van der Waals surface area contributed by atoms with Gasteiger partial charge < -0.3 is 4.74 Å². The fourth-order valence-corrected chi connectivity index (χ4v) is 0.987. The molecule has 5 heteroatoms. The summed E-state index contributed by atoms with van der Waals surface area (Å²) in [5.74, 6) is -1.52. The third-order valence-electron chi connectivity index (χ3n) is 1.91. The molecule has 0 aliphatic heterocycles. The van der Waals surface area contributed by atoms with Gasteiger partial charge in [-0.25, -0.2) is 0 Å². The van der Waals surface area contributed by atoms with Crippen molar-refractivity contribution in [2.24, 2.45) is 10.6 Å². The molecular formula is C7H9NO4. The van der Waals surface area contributed by atoms with Gasteiger partial charge in [0, 0.05) is 5.18 Å². The SMILES string of the molecule is CCOC(=O)C1(C(=O)N=O)CC1. The van der Waals surface area contributed by atoms with Gasteiger partial charge in [0.1, 0.15) is 0 Å². The first-order chi connectivity index (χ1) is 5.67. The lowest BCUT2D eigenvalue weighted by Gasteiger charge is -2.06. The minimum Gasteiger partial charge on any atom is -0.465 e. The number of esters is 1. The van der Waals surface area contributed by atoms with E-state index in [1.165, 1.54) is 0 Å². The van der Waals surface area contributed by atoms with Crippen LogP contribution >= 0.6 is 0 Å². The monoisotopic (exact) mass is 171 g/mol. The van der Waals surface area contributed by atoms with Crippen molar-refractivity contribution in [1.82, 2.24) is 0 Å². The van der Waals surface area contributed by atoms with Crippen LogP contribution in [0.1, 0.15) is 19.8 Å². The van der Waals surface area contributed by atoms with Gasteiger partial charge in [0.05, 0.1) is 6.61 Å². The van der Waals surface area contributed by atoms with Crippen molar-refractivity contribution >= 4 is 11.9 Å². The number of hydrogen-bond donors (Lipinski definition) is 0. The number of nitroso groups, excluding NO2 is 1. The summed E-state index contributed by atoms with van der Waals surface area (Å²) in [4.78, 5) is 31.8. The molecule has 0 saturated heterocycles. The van der Waals surface area contributed by atoms with Crippen LogP contribution in [0.25, 0.3) is 0 Å². The Morgan fingerprint density at radius 2 is 2.08 bits per heavy atom. The van der Waals surface area contributed by atoms with E-state index in [2.05, 4.69) is 9.91 Å². The molecule has 0 spiro atoms. The molecular weight excluding hydrogens is 162 g/mol. The average Bonchev–Trinajstić information content (AvgIpc) is 2.84. The highest BCUT2D eigenvalue weighted by molar-refractivity contribution is 6.05. The molecule has 1 rings (SSSR count). The Kier molecular flexibility index (Phi) is 2.21. The standard InChI is InChI=1S/C7H9NO4/c1-2-12-6(10)7(3-4-7)5(9)8-11/h2-4H2,1H3. The lowest BCUT2D eigenvalue weighted by molar-refractivity contribution is -0.153. The Morgan fingerprint density at radius 3 is 2.42 bits per heavy atom. The summed E-state index contributed by atoms with van der Waals surface area (Å²) in [5.41, 5.74) is -1.21. The lowest BCUT2D eigenvalue weighted by atomic mass is 10.1. The van der Waals surface area contributed by atoms with Crippen molar-refractivity contribution < 1.29 is 14.3 Å². The molecule has 12 heavy (non-hydrogen) atoms. The fraction of sp³-hybridized carbons (Fsp3) is 0.714. The van der Waals surface area contributed by atoms with Gasteiger partial charge in [0.15, 0.2) is 5.41 Å². The highest BCUT2D eigenvalue weighted by Gasteiger charge is 2.58. The number of amides is 1. The number of ether oxygens (including phenoxy) is 1. The highest BCUT2D eigenvalue weighted by Crippen LogP contribution is 2.47. The first-order valence-corrected chi connectivity index (χ1v) is 3.72. The quantitative estimate of drug-likeness (QED) is 0.354. The maximum absolute atomic E-state index is 11.1. The van der Waals surface area contributed by atoms with Crippen LogP contribution in [0.3, 0.4) is 0 Å². The summed E-state index contributed by atoms with van der Waals surface area (Å²) in [6.07, 6.45) is 0.771. The van der Waals surface area contributed by atoms with E-state index in [9.17, 15) is 14.5 Å². The molecule has 1 aliphatic carbocycles. The zero-order valence-electron chi connectivity index (χ0n) is 6.70. The predicted octanol–water partition coefficient (Wildman–Crippen LogP) is 0.623. The maximum Gasteiger partial charge on any atom is 0.321 e. The molecule has 0 aromatic rings. The Balaban J connectivity index is 2.66. The zero-order chi connectivity index (χ0) is 9.19. The first-order valence-electron chi connectivity index (χ1n) is 3.72. The molecule has 0 N–H and O–H groups in total. The van der Waals surface area contributed by atoms with E-state index >= 15 is 0 Å². The van der Waals surface area contributed by atoms with E-state index in [-0.39, 0.29) is 6.61 Å². The Bertz CT molecular complexity index is 232. The van der Waals surface area contributed by atoms with Crippen molar-refractivity contribution in [3.63, 3.8) is 0 Å². The molecule has 0 radical (unpaired) electrons. The second kappa shape index (κ2) is 3.00. The number of hydrogen-bond acceptors (Lipinski definition) is 4. The van der Waals surface area contributed by atoms with E-state index in [4.69, 9.17) is 0 Å².